The van der Waals surface area contributed by atoms with Gasteiger partial charge in [0.1, 0.15) is 5.60 Å². The summed E-state index contributed by atoms with van der Waals surface area (Å²) in [4.78, 5) is 17.0. The molecule has 0 aliphatic heterocycles. The lowest BCUT2D eigenvalue weighted by molar-refractivity contribution is -0.0562. The molecule has 0 amide bonds. The summed E-state index contributed by atoms with van der Waals surface area (Å²) in [5.74, 6) is 0. The quantitative estimate of drug-likeness (QED) is 0.449. The van der Waals surface area contributed by atoms with Crippen molar-refractivity contribution < 1.29 is 29.1 Å². The normalized spacial score (nSPS) is 13.3. The number of hydrogen-bond acceptors (Lipinski definition) is 4. The lowest BCUT2D eigenvalue weighted by atomic mass is 10.0. The van der Waals surface area contributed by atoms with Gasteiger partial charge in [0, 0.05) is 0 Å². The van der Waals surface area contributed by atoms with Gasteiger partial charge in [0.25, 0.3) is 0 Å². The van der Waals surface area contributed by atoms with Crippen molar-refractivity contribution in [3.63, 3.8) is 0 Å². The highest BCUT2D eigenvalue weighted by Gasteiger charge is 2.36. The summed E-state index contributed by atoms with van der Waals surface area (Å²) in [6.07, 6.45) is 0.728. The average molecular weight is 214 g/mol. The van der Waals surface area contributed by atoms with E-state index in [0.29, 0.717) is 6.42 Å². The van der Waals surface area contributed by atoms with E-state index in [2.05, 4.69) is 4.52 Å². The first kappa shape index (κ1) is 13.0. The van der Waals surface area contributed by atoms with Crippen LogP contribution in [0.5, 0.6) is 0 Å². The fourth-order valence-electron chi connectivity index (χ4n) is 1.02. The minimum Gasteiger partial charge on any atom is -0.393 e. The van der Waals surface area contributed by atoms with Crippen LogP contribution in [-0.2, 0) is 9.09 Å². The van der Waals surface area contributed by atoms with Gasteiger partial charge < -0.3 is 20.0 Å². The van der Waals surface area contributed by atoms with Crippen molar-refractivity contribution in [3.8, 4) is 0 Å². The molecule has 80 valence electrons. The Labute approximate surface area is 76.4 Å². The second-order valence-corrected chi connectivity index (χ2v) is 3.99. The average Bonchev–Trinajstić information content (AvgIpc) is 2.01. The molecule has 0 aromatic heterocycles. The number of aliphatic hydroxyl groups is 2. The van der Waals surface area contributed by atoms with Gasteiger partial charge >= 0.3 is 7.82 Å². The molecule has 0 aliphatic rings. The molecule has 0 aromatic carbocycles. The summed E-state index contributed by atoms with van der Waals surface area (Å²) in [7, 11) is -4.67. The van der Waals surface area contributed by atoms with Crippen LogP contribution >= 0.6 is 7.82 Å². The molecule has 13 heavy (non-hydrogen) atoms. The largest absolute Gasteiger partial charge is 0.470 e. The van der Waals surface area contributed by atoms with Crippen molar-refractivity contribution in [1.82, 2.24) is 0 Å². The number of phosphoric acid groups is 1. The SMILES string of the molecule is CCCC(CO)(CO)OP(=O)(O)O. The molecule has 0 aliphatic carbocycles. The summed E-state index contributed by atoms with van der Waals surface area (Å²) >= 11 is 0. The molecule has 0 radical (unpaired) electrons. The summed E-state index contributed by atoms with van der Waals surface area (Å²) < 4.78 is 14.8. The molecule has 7 heteroatoms. The van der Waals surface area contributed by atoms with Gasteiger partial charge in [-0.05, 0) is 6.42 Å². The molecular weight excluding hydrogens is 199 g/mol. The third kappa shape index (κ3) is 4.71. The Kier molecular flexibility index (Phi) is 5.06. The van der Waals surface area contributed by atoms with Crippen LogP contribution < -0.4 is 0 Å². The molecular formula is C6H15O6P. The second kappa shape index (κ2) is 5.05. The Bertz CT molecular complexity index is 184. The molecule has 4 N–H and O–H groups in total. The fraction of sp³-hybridized carbons (Fsp3) is 1.00. The molecule has 0 unspecified atom stereocenters. The van der Waals surface area contributed by atoms with Gasteiger partial charge in [-0.15, -0.1) is 0 Å². The van der Waals surface area contributed by atoms with Crippen LogP contribution in [-0.4, -0.2) is 38.8 Å². The van der Waals surface area contributed by atoms with Crippen molar-refractivity contribution >= 4 is 7.82 Å². The van der Waals surface area contributed by atoms with Crippen LogP contribution in [0.4, 0.5) is 0 Å². The van der Waals surface area contributed by atoms with Crippen LogP contribution in [0.25, 0.3) is 0 Å². The maximum absolute atomic E-state index is 10.5. The van der Waals surface area contributed by atoms with Gasteiger partial charge in [0.05, 0.1) is 13.2 Å². The number of rotatable bonds is 6. The molecule has 6 nitrogen and oxygen atoms in total. The van der Waals surface area contributed by atoms with Gasteiger partial charge in [-0.1, -0.05) is 13.3 Å². The molecule has 0 spiro atoms. The minimum absolute atomic E-state index is 0.186. The predicted octanol–water partition coefficient (Wildman–Crippen LogP) is -0.381. The number of phosphoric ester groups is 1. The fourth-order valence-corrected chi connectivity index (χ4v) is 1.73. The lowest BCUT2D eigenvalue weighted by Gasteiger charge is -2.29. The zero-order valence-electron chi connectivity index (χ0n) is 7.38. The maximum atomic E-state index is 10.5. The lowest BCUT2D eigenvalue weighted by Crippen LogP contribution is -2.39. The van der Waals surface area contributed by atoms with E-state index in [9.17, 15) is 4.57 Å². The van der Waals surface area contributed by atoms with E-state index in [4.69, 9.17) is 20.0 Å². The molecule has 0 fully saturated rings. The van der Waals surface area contributed by atoms with Gasteiger partial charge in [-0.25, -0.2) is 4.57 Å². The van der Waals surface area contributed by atoms with Gasteiger partial charge in [-0.3, -0.25) is 4.52 Å². The third-order valence-electron chi connectivity index (χ3n) is 1.59. The molecule has 0 saturated carbocycles. The van der Waals surface area contributed by atoms with Crippen LogP contribution in [0.15, 0.2) is 0 Å². The molecule has 0 aromatic rings. The molecule has 0 bridgehead atoms. The first-order chi connectivity index (χ1) is 5.89. The maximum Gasteiger partial charge on any atom is 0.470 e. The van der Waals surface area contributed by atoms with E-state index in [-0.39, 0.29) is 6.42 Å². The molecule has 0 atom stereocenters. The van der Waals surface area contributed by atoms with Crippen molar-refractivity contribution in [1.29, 1.82) is 0 Å². The van der Waals surface area contributed by atoms with Crippen LogP contribution in [0.3, 0.4) is 0 Å². The van der Waals surface area contributed by atoms with Crippen LogP contribution in [0, 0.1) is 0 Å². The Hall–Kier alpha value is 0.0300. The smallest absolute Gasteiger partial charge is 0.393 e. The number of hydrogen-bond donors (Lipinski definition) is 4. The van der Waals surface area contributed by atoms with Crippen LogP contribution in [0.1, 0.15) is 19.8 Å². The zero-order chi connectivity index (χ0) is 10.5. The standard InChI is InChI=1S/C6H15O6P/c1-2-3-6(4-7,5-8)12-13(9,10)11/h7-8H,2-5H2,1H3,(H2,9,10,11). The van der Waals surface area contributed by atoms with Crippen molar-refractivity contribution in [2.75, 3.05) is 13.2 Å². The van der Waals surface area contributed by atoms with Crippen molar-refractivity contribution in [3.05, 3.63) is 0 Å². The Morgan fingerprint density at radius 2 is 1.77 bits per heavy atom. The first-order valence-electron chi connectivity index (χ1n) is 3.87. The summed E-state index contributed by atoms with van der Waals surface area (Å²) in [5, 5.41) is 17.7. The van der Waals surface area contributed by atoms with Gasteiger partial charge in [0.2, 0.25) is 0 Å². The van der Waals surface area contributed by atoms with E-state index < -0.39 is 26.6 Å². The van der Waals surface area contributed by atoms with Gasteiger partial charge in [-0.2, -0.15) is 0 Å². The summed E-state index contributed by atoms with van der Waals surface area (Å²) in [6, 6.07) is 0. The molecule has 0 saturated heterocycles. The third-order valence-corrected chi connectivity index (χ3v) is 2.22. The number of aliphatic hydroxyl groups excluding tert-OH is 2. The summed E-state index contributed by atoms with van der Waals surface area (Å²) in [6.45, 7) is 0.508. The highest BCUT2D eigenvalue weighted by molar-refractivity contribution is 7.46. The minimum atomic E-state index is -4.67. The molecule has 0 heterocycles. The Balaban J connectivity index is 4.47. The Morgan fingerprint density at radius 1 is 1.31 bits per heavy atom. The highest BCUT2D eigenvalue weighted by atomic mass is 31.2. The topological polar surface area (TPSA) is 107 Å². The Morgan fingerprint density at radius 3 is 2.00 bits per heavy atom. The van der Waals surface area contributed by atoms with Gasteiger partial charge in [0.15, 0.2) is 0 Å². The predicted molar refractivity (Wildman–Crippen MR) is 44.9 cm³/mol. The van der Waals surface area contributed by atoms with E-state index in [1.165, 1.54) is 0 Å². The second-order valence-electron chi connectivity index (χ2n) is 2.83. The van der Waals surface area contributed by atoms with E-state index in [0.717, 1.165) is 0 Å². The first-order valence-corrected chi connectivity index (χ1v) is 5.40. The monoisotopic (exact) mass is 214 g/mol. The van der Waals surface area contributed by atoms with E-state index >= 15 is 0 Å². The molecule has 0 rings (SSSR count). The van der Waals surface area contributed by atoms with Crippen molar-refractivity contribution in [2.24, 2.45) is 0 Å². The summed E-state index contributed by atoms with van der Waals surface area (Å²) in [5.41, 5.74) is -1.53. The zero-order valence-corrected chi connectivity index (χ0v) is 8.28. The van der Waals surface area contributed by atoms with E-state index in [1.54, 1.807) is 6.92 Å². The highest BCUT2D eigenvalue weighted by Crippen LogP contribution is 2.42. The van der Waals surface area contributed by atoms with Crippen molar-refractivity contribution in [2.45, 2.75) is 25.4 Å². The van der Waals surface area contributed by atoms with Crippen LogP contribution in [0.2, 0.25) is 0 Å². The van der Waals surface area contributed by atoms with E-state index in [1.807, 2.05) is 0 Å².